The van der Waals surface area contributed by atoms with E-state index in [1.165, 1.54) is 0 Å². The fourth-order valence-corrected chi connectivity index (χ4v) is 2.37. The highest BCUT2D eigenvalue weighted by atomic mass is 16.4. The Labute approximate surface area is 135 Å². The molecule has 2 atom stereocenters. The van der Waals surface area contributed by atoms with Crippen LogP contribution >= 0.6 is 0 Å². The standard InChI is InChI=1S/C17H34N2O3/c1-6-8-10-19(11-9-7-2)14(5)16(20)18-15(17(21)22)12-13(3)4/h13-15H,6-12H2,1-5H3,(H,18,20)(H,21,22). The van der Waals surface area contributed by atoms with Crippen molar-refractivity contribution in [2.45, 2.75) is 78.8 Å². The second-order valence-electron chi connectivity index (χ2n) is 6.45. The van der Waals surface area contributed by atoms with Gasteiger partial charge >= 0.3 is 5.97 Å². The fraction of sp³-hybridized carbons (Fsp3) is 0.882. The predicted molar refractivity (Wildman–Crippen MR) is 89.9 cm³/mol. The maximum atomic E-state index is 12.4. The van der Waals surface area contributed by atoms with Crippen molar-refractivity contribution >= 4 is 11.9 Å². The number of amides is 1. The maximum absolute atomic E-state index is 12.4. The summed E-state index contributed by atoms with van der Waals surface area (Å²) in [5.74, 6) is -0.906. The molecule has 0 saturated heterocycles. The summed E-state index contributed by atoms with van der Waals surface area (Å²) in [4.78, 5) is 25.8. The number of carbonyl (C=O) groups excluding carboxylic acids is 1. The van der Waals surface area contributed by atoms with Gasteiger partial charge in [-0.2, -0.15) is 0 Å². The summed E-state index contributed by atoms with van der Waals surface area (Å²) >= 11 is 0. The van der Waals surface area contributed by atoms with Crippen LogP contribution in [-0.2, 0) is 9.59 Å². The monoisotopic (exact) mass is 314 g/mol. The zero-order valence-electron chi connectivity index (χ0n) is 14.9. The first-order chi connectivity index (χ1) is 10.3. The predicted octanol–water partition coefficient (Wildman–Crippen LogP) is 2.89. The summed E-state index contributed by atoms with van der Waals surface area (Å²) in [6, 6.07) is -1.08. The molecule has 2 unspecified atom stereocenters. The zero-order valence-corrected chi connectivity index (χ0v) is 14.9. The Hall–Kier alpha value is -1.10. The van der Waals surface area contributed by atoms with E-state index in [1.807, 2.05) is 20.8 Å². The van der Waals surface area contributed by atoms with Gasteiger partial charge in [0.05, 0.1) is 6.04 Å². The average Bonchev–Trinajstić information content (AvgIpc) is 2.45. The maximum Gasteiger partial charge on any atom is 0.326 e. The first kappa shape index (κ1) is 20.9. The van der Waals surface area contributed by atoms with Crippen molar-refractivity contribution in [3.63, 3.8) is 0 Å². The number of nitrogens with one attached hydrogen (secondary N) is 1. The number of carboxylic acids is 1. The summed E-state index contributed by atoms with van der Waals surface area (Å²) in [7, 11) is 0. The molecule has 1 amide bonds. The first-order valence-electron chi connectivity index (χ1n) is 8.60. The van der Waals surface area contributed by atoms with Crippen LogP contribution in [0.3, 0.4) is 0 Å². The quantitative estimate of drug-likeness (QED) is 0.581. The summed E-state index contributed by atoms with van der Waals surface area (Å²) < 4.78 is 0. The summed E-state index contributed by atoms with van der Waals surface area (Å²) in [5.41, 5.74) is 0. The van der Waals surface area contributed by atoms with Gasteiger partial charge in [-0.15, -0.1) is 0 Å². The minimum atomic E-state index is -0.956. The van der Waals surface area contributed by atoms with Crippen molar-refractivity contribution in [3.05, 3.63) is 0 Å². The summed E-state index contributed by atoms with van der Waals surface area (Å²) in [5, 5.41) is 11.9. The molecule has 0 aliphatic heterocycles. The van der Waals surface area contributed by atoms with Crippen molar-refractivity contribution in [3.8, 4) is 0 Å². The van der Waals surface area contributed by atoms with E-state index in [9.17, 15) is 14.7 Å². The van der Waals surface area contributed by atoms with Gasteiger partial charge in [0.25, 0.3) is 0 Å². The van der Waals surface area contributed by atoms with Crippen molar-refractivity contribution < 1.29 is 14.7 Å². The Kier molecular flexibility index (Phi) is 10.9. The Morgan fingerprint density at radius 1 is 1.05 bits per heavy atom. The molecule has 0 spiro atoms. The molecule has 0 radical (unpaired) electrons. The minimum absolute atomic E-state index is 0.180. The summed E-state index contributed by atoms with van der Waals surface area (Å²) in [6.45, 7) is 11.8. The largest absolute Gasteiger partial charge is 0.480 e. The number of carboxylic acid groups (broad SMARTS) is 1. The molecule has 2 N–H and O–H groups in total. The molecule has 0 aromatic carbocycles. The molecule has 0 aromatic rings. The Balaban J connectivity index is 4.69. The van der Waals surface area contributed by atoms with Gasteiger partial charge in [-0.25, -0.2) is 4.79 Å². The molecule has 0 rings (SSSR count). The van der Waals surface area contributed by atoms with Gasteiger partial charge in [-0.05, 0) is 45.2 Å². The lowest BCUT2D eigenvalue weighted by atomic mass is 10.0. The smallest absolute Gasteiger partial charge is 0.326 e. The molecule has 22 heavy (non-hydrogen) atoms. The molecule has 0 aliphatic rings. The molecular weight excluding hydrogens is 280 g/mol. The molecule has 0 bridgehead atoms. The Morgan fingerprint density at radius 2 is 1.55 bits per heavy atom. The SMILES string of the molecule is CCCCN(CCCC)C(C)C(=O)NC(CC(C)C)C(=O)O. The number of aliphatic carboxylic acids is 1. The van der Waals surface area contributed by atoms with Crippen LogP contribution in [-0.4, -0.2) is 47.1 Å². The number of nitrogens with zero attached hydrogens (tertiary/aromatic N) is 1. The van der Waals surface area contributed by atoms with Gasteiger partial charge in [-0.3, -0.25) is 9.69 Å². The van der Waals surface area contributed by atoms with Crippen molar-refractivity contribution in [2.24, 2.45) is 5.92 Å². The molecule has 0 fully saturated rings. The van der Waals surface area contributed by atoms with E-state index < -0.39 is 12.0 Å². The van der Waals surface area contributed by atoms with Crippen LogP contribution in [0.4, 0.5) is 0 Å². The van der Waals surface area contributed by atoms with Crippen LogP contribution < -0.4 is 5.32 Å². The topological polar surface area (TPSA) is 69.6 Å². The van der Waals surface area contributed by atoms with E-state index in [0.29, 0.717) is 6.42 Å². The number of hydrogen-bond acceptors (Lipinski definition) is 3. The van der Waals surface area contributed by atoms with Crippen LogP contribution in [0.15, 0.2) is 0 Å². The van der Waals surface area contributed by atoms with Gasteiger partial charge < -0.3 is 10.4 Å². The van der Waals surface area contributed by atoms with Crippen LogP contribution in [0, 0.1) is 5.92 Å². The number of carbonyl (C=O) groups is 2. The van der Waals surface area contributed by atoms with Crippen LogP contribution in [0.25, 0.3) is 0 Å². The van der Waals surface area contributed by atoms with Crippen molar-refractivity contribution in [2.75, 3.05) is 13.1 Å². The highest BCUT2D eigenvalue weighted by Gasteiger charge is 2.26. The van der Waals surface area contributed by atoms with E-state index in [-0.39, 0.29) is 17.9 Å². The second-order valence-corrected chi connectivity index (χ2v) is 6.45. The van der Waals surface area contributed by atoms with E-state index in [1.54, 1.807) is 0 Å². The third-order valence-electron chi connectivity index (χ3n) is 3.85. The lowest BCUT2D eigenvalue weighted by Gasteiger charge is -2.29. The van der Waals surface area contributed by atoms with Gasteiger partial charge in [0.15, 0.2) is 0 Å². The van der Waals surface area contributed by atoms with Crippen LogP contribution in [0.5, 0.6) is 0 Å². The highest BCUT2D eigenvalue weighted by Crippen LogP contribution is 2.09. The van der Waals surface area contributed by atoms with E-state index >= 15 is 0 Å². The lowest BCUT2D eigenvalue weighted by molar-refractivity contribution is -0.143. The Morgan fingerprint density at radius 3 is 1.91 bits per heavy atom. The third kappa shape index (κ3) is 8.37. The normalized spacial score (nSPS) is 14.1. The Bertz CT molecular complexity index is 324. The number of hydrogen-bond donors (Lipinski definition) is 2. The third-order valence-corrected chi connectivity index (χ3v) is 3.85. The van der Waals surface area contributed by atoms with Gasteiger partial charge in [0, 0.05) is 0 Å². The zero-order chi connectivity index (χ0) is 17.1. The molecule has 0 aromatic heterocycles. The molecule has 0 heterocycles. The second kappa shape index (κ2) is 11.5. The number of unbranched alkanes of at least 4 members (excludes halogenated alkanes) is 2. The highest BCUT2D eigenvalue weighted by molar-refractivity contribution is 5.86. The summed E-state index contributed by atoms with van der Waals surface area (Å²) in [6.07, 6.45) is 4.73. The first-order valence-corrected chi connectivity index (χ1v) is 8.60. The van der Waals surface area contributed by atoms with Gasteiger partial charge in [0.2, 0.25) is 5.91 Å². The molecule has 5 nitrogen and oxygen atoms in total. The van der Waals surface area contributed by atoms with Crippen LogP contribution in [0.2, 0.25) is 0 Å². The molecular formula is C17H34N2O3. The molecule has 130 valence electrons. The molecule has 0 saturated carbocycles. The fourth-order valence-electron chi connectivity index (χ4n) is 2.37. The molecule has 5 heteroatoms. The van der Waals surface area contributed by atoms with Gasteiger partial charge in [0.1, 0.15) is 6.04 Å². The van der Waals surface area contributed by atoms with Crippen molar-refractivity contribution in [1.29, 1.82) is 0 Å². The van der Waals surface area contributed by atoms with Gasteiger partial charge in [-0.1, -0.05) is 40.5 Å². The van der Waals surface area contributed by atoms with Crippen LogP contribution in [0.1, 0.15) is 66.7 Å². The van der Waals surface area contributed by atoms with E-state index in [2.05, 4.69) is 24.1 Å². The van der Waals surface area contributed by atoms with E-state index in [4.69, 9.17) is 0 Å². The average molecular weight is 314 g/mol. The van der Waals surface area contributed by atoms with E-state index in [0.717, 1.165) is 38.8 Å². The lowest BCUT2D eigenvalue weighted by Crippen LogP contribution is -2.51. The molecule has 0 aliphatic carbocycles. The number of rotatable bonds is 12. The minimum Gasteiger partial charge on any atom is -0.480 e. The van der Waals surface area contributed by atoms with Crippen molar-refractivity contribution in [1.82, 2.24) is 10.2 Å².